The van der Waals surface area contributed by atoms with Crippen molar-refractivity contribution in [2.75, 3.05) is 17.7 Å². The van der Waals surface area contributed by atoms with E-state index >= 15 is 0 Å². The highest BCUT2D eigenvalue weighted by atomic mass is 32.2. The lowest BCUT2D eigenvalue weighted by molar-refractivity contribution is -0.113. The summed E-state index contributed by atoms with van der Waals surface area (Å²) in [7, 11) is 0. The first-order valence-corrected chi connectivity index (χ1v) is 13.7. The fourth-order valence-electron chi connectivity index (χ4n) is 3.83. The molecule has 0 unspecified atom stereocenters. The third kappa shape index (κ3) is 5.15. The van der Waals surface area contributed by atoms with Crippen molar-refractivity contribution < 1.29 is 14.3 Å². The van der Waals surface area contributed by atoms with Gasteiger partial charge in [0.25, 0.3) is 0 Å². The number of nitrogens with one attached hydrogen (secondary N) is 1. The van der Waals surface area contributed by atoms with Crippen molar-refractivity contribution in [3.63, 3.8) is 0 Å². The third-order valence-electron chi connectivity index (χ3n) is 5.32. The third-order valence-corrected chi connectivity index (χ3v) is 8.40. The summed E-state index contributed by atoms with van der Waals surface area (Å²) >= 11 is 4.29. The molecular weight excluding hydrogens is 478 g/mol. The maximum Gasteiger partial charge on any atom is 0.350 e. The summed E-state index contributed by atoms with van der Waals surface area (Å²) < 4.78 is 7.15. The Hall–Kier alpha value is -2.24. The van der Waals surface area contributed by atoms with E-state index in [-0.39, 0.29) is 17.7 Å². The van der Waals surface area contributed by atoms with Crippen molar-refractivity contribution in [3.05, 3.63) is 26.4 Å². The van der Waals surface area contributed by atoms with E-state index in [1.807, 2.05) is 11.3 Å². The van der Waals surface area contributed by atoms with Gasteiger partial charge in [0.1, 0.15) is 4.88 Å². The summed E-state index contributed by atoms with van der Waals surface area (Å²) in [6, 6.07) is 0.161. The van der Waals surface area contributed by atoms with Crippen LogP contribution in [0.25, 0.3) is 11.4 Å². The molecule has 0 radical (unpaired) electrons. The maximum absolute atomic E-state index is 12.6. The zero-order valence-corrected chi connectivity index (χ0v) is 21.6. The molecule has 1 amide bonds. The number of rotatable bonds is 8. The molecule has 0 aromatic carbocycles. The highest BCUT2D eigenvalue weighted by Gasteiger charge is 2.24. The van der Waals surface area contributed by atoms with Crippen LogP contribution in [0.1, 0.15) is 65.5 Å². The largest absolute Gasteiger partial charge is 0.462 e. The average Bonchev–Trinajstić information content (AvgIpc) is 3.48. The molecule has 3 aromatic rings. The fraction of sp³-hybridized carbons (Fsp3) is 0.500. The van der Waals surface area contributed by atoms with Crippen LogP contribution in [-0.2, 0) is 22.4 Å². The van der Waals surface area contributed by atoms with E-state index in [4.69, 9.17) is 4.74 Å². The zero-order chi connectivity index (χ0) is 23.5. The van der Waals surface area contributed by atoms with Gasteiger partial charge in [0.05, 0.1) is 18.1 Å². The first kappa shape index (κ1) is 23.9. The van der Waals surface area contributed by atoms with Gasteiger partial charge < -0.3 is 10.1 Å². The Labute approximate surface area is 205 Å². The van der Waals surface area contributed by atoms with Crippen LogP contribution in [-0.4, -0.2) is 44.0 Å². The summed E-state index contributed by atoms with van der Waals surface area (Å²) in [6.45, 7) is 7.98. The molecule has 0 spiro atoms. The van der Waals surface area contributed by atoms with E-state index in [1.165, 1.54) is 40.6 Å². The Morgan fingerprint density at radius 3 is 2.82 bits per heavy atom. The first-order valence-electron chi connectivity index (χ1n) is 11.0. The highest BCUT2D eigenvalue weighted by molar-refractivity contribution is 7.99. The molecule has 33 heavy (non-hydrogen) atoms. The number of carbonyl (C=O) groups is 2. The number of anilines is 1. The number of hydrogen-bond acceptors (Lipinski definition) is 9. The Morgan fingerprint density at radius 1 is 1.27 bits per heavy atom. The molecule has 4 rings (SSSR count). The van der Waals surface area contributed by atoms with Gasteiger partial charge in [-0.15, -0.1) is 21.5 Å². The van der Waals surface area contributed by atoms with Crippen LogP contribution >= 0.6 is 34.4 Å². The van der Waals surface area contributed by atoms with Gasteiger partial charge in [0, 0.05) is 21.9 Å². The number of carbonyl (C=O) groups excluding carboxylic acids is 2. The van der Waals surface area contributed by atoms with E-state index in [2.05, 4.69) is 44.3 Å². The zero-order valence-electron chi connectivity index (χ0n) is 19.1. The minimum absolute atomic E-state index is 0.161. The number of thioether (sulfide) groups is 1. The van der Waals surface area contributed by atoms with Crippen molar-refractivity contribution >= 4 is 51.4 Å². The lowest BCUT2D eigenvalue weighted by Gasteiger charge is -2.16. The summed E-state index contributed by atoms with van der Waals surface area (Å²) in [4.78, 5) is 30.7. The highest BCUT2D eigenvalue weighted by Crippen LogP contribution is 2.38. The van der Waals surface area contributed by atoms with Crippen LogP contribution in [0.5, 0.6) is 0 Å². The molecule has 3 heterocycles. The summed E-state index contributed by atoms with van der Waals surface area (Å²) in [5.41, 5.74) is 3.13. The summed E-state index contributed by atoms with van der Waals surface area (Å²) in [6.07, 6.45) is 4.69. The number of ether oxygens (including phenoxy) is 1. The Morgan fingerprint density at radius 2 is 2.06 bits per heavy atom. The van der Waals surface area contributed by atoms with Gasteiger partial charge in [-0.1, -0.05) is 23.1 Å². The molecule has 1 N–H and O–H groups in total. The van der Waals surface area contributed by atoms with Gasteiger partial charge in [-0.25, -0.2) is 9.78 Å². The fourth-order valence-corrected chi connectivity index (χ4v) is 6.70. The number of fused-ring (bicyclic) bond motifs is 1. The molecule has 0 atom stereocenters. The second kappa shape index (κ2) is 10.4. The number of thiazole rings is 1. The lowest BCUT2D eigenvalue weighted by Crippen LogP contribution is -2.15. The van der Waals surface area contributed by atoms with Crippen molar-refractivity contribution in [1.29, 1.82) is 0 Å². The van der Waals surface area contributed by atoms with E-state index < -0.39 is 5.97 Å². The molecule has 1 aliphatic carbocycles. The summed E-state index contributed by atoms with van der Waals surface area (Å²) in [5.74, 6) is 0.411. The number of amides is 1. The maximum atomic E-state index is 12.6. The lowest BCUT2D eigenvalue weighted by atomic mass is 9.95. The van der Waals surface area contributed by atoms with Crippen molar-refractivity contribution in [2.45, 2.75) is 64.6 Å². The quantitative estimate of drug-likeness (QED) is 0.334. The molecule has 0 saturated heterocycles. The van der Waals surface area contributed by atoms with E-state index in [9.17, 15) is 9.59 Å². The molecule has 176 valence electrons. The van der Waals surface area contributed by atoms with E-state index in [1.54, 1.807) is 13.8 Å². The minimum Gasteiger partial charge on any atom is -0.462 e. The molecule has 0 fully saturated rings. The van der Waals surface area contributed by atoms with Gasteiger partial charge in [-0.05, 0) is 58.9 Å². The molecule has 3 aromatic heterocycles. The van der Waals surface area contributed by atoms with Crippen molar-refractivity contribution in [2.24, 2.45) is 0 Å². The van der Waals surface area contributed by atoms with Crippen LogP contribution in [0, 0.1) is 6.92 Å². The topological polar surface area (TPSA) is 99.0 Å². The number of nitrogens with zero attached hydrogens (tertiary/aromatic N) is 4. The van der Waals surface area contributed by atoms with Gasteiger partial charge in [0.15, 0.2) is 16.1 Å². The van der Waals surface area contributed by atoms with E-state index in [0.717, 1.165) is 30.0 Å². The van der Waals surface area contributed by atoms with Crippen LogP contribution in [0.15, 0.2) is 10.5 Å². The number of aromatic nitrogens is 4. The van der Waals surface area contributed by atoms with Crippen LogP contribution < -0.4 is 5.32 Å². The smallest absolute Gasteiger partial charge is 0.350 e. The van der Waals surface area contributed by atoms with Gasteiger partial charge in [-0.3, -0.25) is 9.36 Å². The van der Waals surface area contributed by atoms with Crippen LogP contribution in [0.4, 0.5) is 5.13 Å². The molecule has 0 bridgehead atoms. The standard InChI is InChI=1S/C22H27N5O3S3/c1-5-30-20(29)18-13(4)23-21(33-18)24-17(28)11-32-22-26-25-19(27(22)12(2)3)15-10-31-16-9-7-6-8-14(15)16/h10,12H,5-9,11H2,1-4H3,(H,23,24,28). The Bertz CT molecular complexity index is 1160. The molecule has 11 heteroatoms. The number of esters is 1. The van der Waals surface area contributed by atoms with E-state index in [0.29, 0.717) is 27.5 Å². The van der Waals surface area contributed by atoms with Gasteiger partial charge in [-0.2, -0.15) is 0 Å². The van der Waals surface area contributed by atoms with Crippen LogP contribution in [0.2, 0.25) is 0 Å². The number of hydrogen-bond donors (Lipinski definition) is 1. The van der Waals surface area contributed by atoms with Crippen LogP contribution in [0.3, 0.4) is 0 Å². The van der Waals surface area contributed by atoms with Crippen molar-refractivity contribution in [1.82, 2.24) is 19.7 Å². The second-order valence-corrected chi connectivity index (χ2v) is 10.9. The van der Waals surface area contributed by atoms with Gasteiger partial charge in [0.2, 0.25) is 5.91 Å². The minimum atomic E-state index is -0.421. The molecule has 0 saturated carbocycles. The monoisotopic (exact) mass is 505 g/mol. The molecule has 0 aliphatic heterocycles. The molecule has 1 aliphatic rings. The number of thiophene rings is 1. The SMILES string of the molecule is CCOC(=O)c1sc(NC(=O)CSc2nnc(-c3csc4c3CCCC4)n2C(C)C)nc1C. The Kier molecular flexibility index (Phi) is 7.50. The molecule has 8 nitrogen and oxygen atoms in total. The predicted molar refractivity (Wildman–Crippen MR) is 133 cm³/mol. The molecular formula is C22H27N5O3S3. The van der Waals surface area contributed by atoms with Gasteiger partial charge >= 0.3 is 5.97 Å². The Balaban J connectivity index is 1.46. The number of aryl methyl sites for hydroxylation is 2. The predicted octanol–water partition coefficient (Wildman–Crippen LogP) is 5.14. The average molecular weight is 506 g/mol. The first-order chi connectivity index (χ1) is 15.9. The normalized spacial score (nSPS) is 13.2. The van der Waals surface area contributed by atoms with Crippen molar-refractivity contribution in [3.8, 4) is 11.4 Å². The second-order valence-electron chi connectivity index (χ2n) is 8.02. The summed E-state index contributed by atoms with van der Waals surface area (Å²) in [5, 5.41) is 15.0.